The molecule has 0 spiro atoms. The maximum absolute atomic E-state index is 12.3. The van der Waals surface area contributed by atoms with Crippen LogP contribution in [0.3, 0.4) is 0 Å². The van der Waals surface area contributed by atoms with E-state index in [4.69, 9.17) is 10.9 Å². The molecule has 0 aromatic heterocycles. The number of aryl methyl sites for hydroxylation is 1. The molecule has 0 bridgehead atoms. The van der Waals surface area contributed by atoms with Crippen LogP contribution in [0, 0.1) is 11.8 Å². The zero-order valence-corrected chi connectivity index (χ0v) is 12.3. The lowest BCUT2D eigenvalue weighted by atomic mass is 9.93. The fourth-order valence-corrected chi connectivity index (χ4v) is 2.18. The molecule has 1 atom stereocenters. The van der Waals surface area contributed by atoms with Gasteiger partial charge in [0.05, 0.1) is 0 Å². The first-order chi connectivity index (χ1) is 9.51. The zero-order valence-electron chi connectivity index (χ0n) is 12.3. The molecule has 0 aliphatic carbocycles. The number of rotatable bonds is 6. The summed E-state index contributed by atoms with van der Waals surface area (Å²) < 4.78 is 0. The number of amides is 1. The largest absolute Gasteiger partial charge is 0.409 e. The first-order valence-corrected chi connectivity index (χ1v) is 6.87. The number of carbonyl (C=O) groups is 1. The molecule has 5 nitrogen and oxygen atoms in total. The van der Waals surface area contributed by atoms with Crippen molar-refractivity contribution in [3.8, 4) is 0 Å². The van der Waals surface area contributed by atoms with Crippen molar-refractivity contribution in [2.45, 2.75) is 33.6 Å². The Morgan fingerprint density at radius 3 is 2.60 bits per heavy atom. The summed E-state index contributed by atoms with van der Waals surface area (Å²) >= 11 is 0. The van der Waals surface area contributed by atoms with Gasteiger partial charge in [-0.2, -0.15) is 0 Å². The van der Waals surface area contributed by atoms with Gasteiger partial charge in [-0.1, -0.05) is 50.5 Å². The molecule has 110 valence electrons. The molecule has 1 aromatic rings. The molecule has 1 amide bonds. The minimum Gasteiger partial charge on any atom is -0.409 e. The summed E-state index contributed by atoms with van der Waals surface area (Å²) in [4.78, 5) is 12.3. The van der Waals surface area contributed by atoms with Crippen LogP contribution in [0.4, 0.5) is 5.69 Å². The van der Waals surface area contributed by atoms with E-state index in [1.165, 1.54) is 0 Å². The van der Waals surface area contributed by atoms with Gasteiger partial charge >= 0.3 is 0 Å². The molecule has 5 heteroatoms. The molecule has 1 aromatic carbocycles. The Balaban J connectivity index is 2.94. The summed E-state index contributed by atoms with van der Waals surface area (Å²) in [6, 6.07) is 7.69. The molecular formula is C15H23N3O2. The molecular weight excluding hydrogens is 254 g/mol. The Morgan fingerprint density at radius 1 is 1.40 bits per heavy atom. The summed E-state index contributed by atoms with van der Waals surface area (Å²) in [6.07, 6.45) is 1.90. The average molecular weight is 277 g/mol. The van der Waals surface area contributed by atoms with Gasteiger partial charge in [0.1, 0.15) is 5.92 Å². The maximum Gasteiger partial charge on any atom is 0.235 e. The average Bonchev–Trinajstić information content (AvgIpc) is 2.40. The molecule has 0 fully saturated rings. The normalized spacial score (nSPS) is 13.3. The quantitative estimate of drug-likeness (QED) is 0.323. The summed E-state index contributed by atoms with van der Waals surface area (Å²) in [5.41, 5.74) is 7.48. The van der Waals surface area contributed by atoms with Crippen LogP contribution in [0.25, 0.3) is 0 Å². The third-order valence-electron chi connectivity index (χ3n) is 3.18. The Hall–Kier alpha value is -2.04. The van der Waals surface area contributed by atoms with Crippen molar-refractivity contribution < 1.29 is 10.0 Å². The summed E-state index contributed by atoms with van der Waals surface area (Å²) in [5.74, 6) is -1.01. The van der Waals surface area contributed by atoms with Crippen LogP contribution in [0.15, 0.2) is 29.4 Å². The second kappa shape index (κ2) is 7.53. The molecule has 1 unspecified atom stereocenters. The van der Waals surface area contributed by atoms with Crippen molar-refractivity contribution in [3.63, 3.8) is 0 Å². The number of nitrogens with two attached hydrogens (primary N) is 1. The number of nitrogens with one attached hydrogen (secondary N) is 1. The topological polar surface area (TPSA) is 87.7 Å². The van der Waals surface area contributed by atoms with Crippen molar-refractivity contribution in [1.82, 2.24) is 0 Å². The zero-order chi connectivity index (χ0) is 15.1. The molecule has 0 aliphatic rings. The monoisotopic (exact) mass is 277 g/mol. The van der Waals surface area contributed by atoms with E-state index < -0.39 is 5.92 Å². The molecule has 0 saturated carbocycles. The fraction of sp³-hybridized carbons (Fsp3) is 0.467. The van der Waals surface area contributed by atoms with E-state index in [9.17, 15) is 4.79 Å². The van der Waals surface area contributed by atoms with Crippen molar-refractivity contribution >= 4 is 17.4 Å². The van der Waals surface area contributed by atoms with Crippen LogP contribution in [-0.4, -0.2) is 17.0 Å². The Kier molecular flexibility index (Phi) is 6.03. The summed E-state index contributed by atoms with van der Waals surface area (Å²) in [5, 5.41) is 14.6. The van der Waals surface area contributed by atoms with Crippen LogP contribution >= 0.6 is 0 Å². The van der Waals surface area contributed by atoms with Crippen LogP contribution in [0.5, 0.6) is 0 Å². The highest BCUT2D eigenvalue weighted by atomic mass is 16.4. The molecule has 4 N–H and O–H groups in total. The van der Waals surface area contributed by atoms with Crippen molar-refractivity contribution in [3.05, 3.63) is 29.8 Å². The second-order valence-corrected chi connectivity index (χ2v) is 5.14. The first-order valence-electron chi connectivity index (χ1n) is 6.87. The SMILES string of the molecule is CCCc1ccccc1NC(=O)C(C(N)=NO)C(C)C. The number of hydrogen-bond acceptors (Lipinski definition) is 3. The molecule has 0 heterocycles. The standard InChI is InChI=1S/C15H23N3O2/c1-4-7-11-8-5-6-9-12(11)17-15(19)13(10(2)3)14(16)18-20/h5-6,8-10,13,20H,4,7H2,1-3H3,(H2,16,18)(H,17,19). The summed E-state index contributed by atoms with van der Waals surface area (Å²) in [6.45, 7) is 5.81. The van der Waals surface area contributed by atoms with Gasteiger partial charge in [-0.15, -0.1) is 0 Å². The van der Waals surface area contributed by atoms with Gasteiger partial charge in [-0.25, -0.2) is 0 Å². The van der Waals surface area contributed by atoms with Gasteiger partial charge in [0.2, 0.25) is 5.91 Å². The van der Waals surface area contributed by atoms with E-state index in [2.05, 4.69) is 17.4 Å². The number of para-hydroxylation sites is 1. The van der Waals surface area contributed by atoms with E-state index in [0.29, 0.717) is 0 Å². The fourth-order valence-electron chi connectivity index (χ4n) is 2.18. The number of hydrogen-bond donors (Lipinski definition) is 3. The predicted molar refractivity (Wildman–Crippen MR) is 80.8 cm³/mol. The third kappa shape index (κ3) is 3.98. The van der Waals surface area contributed by atoms with E-state index in [1.54, 1.807) is 0 Å². The highest BCUT2D eigenvalue weighted by Gasteiger charge is 2.27. The Labute approximate surface area is 119 Å². The number of amidine groups is 1. The van der Waals surface area contributed by atoms with E-state index in [-0.39, 0.29) is 17.7 Å². The molecule has 0 radical (unpaired) electrons. The molecule has 0 saturated heterocycles. The van der Waals surface area contributed by atoms with Crippen molar-refractivity contribution in [2.24, 2.45) is 22.7 Å². The number of carbonyl (C=O) groups excluding carboxylic acids is 1. The number of oxime groups is 1. The number of benzene rings is 1. The van der Waals surface area contributed by atoms with Gasteiger partial charge < -0.3 is 16.3 Å². The van der Waals surface area contributed by atoms with Gasteiger partial charge in [0.25, 0.3) is 0 Å². The third-order valence-corrected chi connectivity index (χ3v) is 3.18. The van der Waals surface area contributed by atoms with E-state index in [1.807, 2.05) is 38.1 Å². The molecule has 20 heavy (non-hydrogen) atoms. The lowest BCUT2D eigenvalue weighted by Crippen LogP contribution is -2.38. The predicted octanol–water partition coefficient (Wildman–Crippen LogP) is 2.60. The number of nitrogens with zero attached hydrogens (tertiary/aromatic N) is 1. The van der Waals surface area contributed by atoms with Crippen molar-refractivity contribution in [2.75, 3.05) is 5.32 Å². The molecule has 0 aliphatic heterocycles. The second-order valence-electron chi connectivity index (χ2n) is 5.14. The Morgan fingerprint density at radius 2 is 2.05 bits per heavy atom. The first kappa shape index (κ1) is 16.0. The number of anilines is 1. The van der Waals surface area contributed by atoms with Crippen LogP contribution in [0.1, 0.15) is 32.8 Å². The highest BCUT2D eigenvalue weighted by Crippen LogP contribution is 2.20. The minimum absolute atomic E-state index is 0.0516. The molecule has 1 rings (SSSR count). The summed E-state index contributed by atoms with van der Waals surface area (Å²) in [7, 11) is 0. The maximum atomic E-state index is 12.3. The van der Waals surface area contributed by atoms with Crippen LogP contribution in [-0.2, 0) is 11.2 Å². The van der Waals surface area contributed by atoms with Gasteiger partial charge in [-0.3, -0.25) is 4.79 Å². The van der Waals surface area contributed by atoms with Gasteiger partial charge in [-0.05, 0) is 24.0 Å². The van der Waals surface area contributed by atoms with Crippen LogP contribution in [0.2, 0.25) is 0 Å². The lowest BCUT2D eigenvalue weighted by Gasteiger charge is -2.20. The van der Waals surface area contributed by atoms with Gasteiger partial charge in [0, 0.05) is 5.69 Å². The minimum atomic E-state index is -0.644. The van der Waals surface area contributed by atoms with Gasteiger partial charge in [0.15, 0.2) is 5.84 Å². The lowest BCUT2D eigenvalue weighted by molar-refractivity contribution is -0.119. The Bertz CT molecular complexity index is 484. The highest BCUT2D eigenvalue weighted by molar-refractivity contribution is 6.08. The smallest absolute Gasteiger partial charge is 0.235 e. The van der Waals surface area contributed by atoms with Crippen molar-refractivity contribution in [1.29, 1.82) is 0 Å². The van der Waals surface area contributed by atoms with E-state index >= 15 is 0 Å². The van der Waals surface area contributed by atoms with Crippen LogP contribution < -0.4 is 11.1 Å². The van der Waals surface area contributed by atoms with E-state index in [0.717, 1.165) is 24.1 Å².